The lowest BCUT2D eigenvalue weighted by molar-refractivity contribution is -0.144. The van der Waals surface area contributed by atoms with E-state index in [9.17, 15) is 4.79 Å². The number of benzene rings is 2. The number of halogens is 2. The van der Waals surface area contributed by atoms with Crippen LogP contribution in [0.15, 0.2) is 54.6 Å². The Kier molecular flexibility index (Phi) is 4.47. The zero-order chi connectivity index (χ0) is 16.4. The molecule has 118 valence electrons. The van der Waals surface area contributed by atoms with Crippen molar-refractivity contribution in [3.05, 3.63) is 75.8 Å². The lowest BCUT2D eigenvalue weighted by atomic mass is 9.93. The number of hydrogen-bond acceptors (Lipinski definition) is 2. The van der Waals surface area contributed by atoms with Crippen LogP contribution in [0, 0.1) is 5.92 Å². The summed E-state index contributed by atoms with van der Waals surface area (Å²) in [6, 6.07) is 15.3. The molecule has 2 unspecified atom stereocenters. The Balaban J connectivity index is 1.90. The van der Waals surface area contributed by atoms with E-state index in [1.54, 1.807) is 12.1 Å². The van der Waals surface area contributed by atoms with E-state index < -0.39 is 5.41 Å². The predicted octanol–water partition coefficient (Wildman–Crippen LogP) is 5.14. The molecule has 1 aliphatic carbocycles. The van der Waals surface area contributed by atoms with Gasteiger partial charge in [-0.2, -0.15) is 0 Å². The first-order valence-electron chi connectivity index (χ1n) is 7.35. The van der Waals surface area contributed by atoms with Gasteiger partial charge in [-0.15, -0.1) is 0 Å². The molecular formula is C19H16Cl2O2. The molecule has 1 fully saturated rings. The maximum atomic E-state index is 12.4. The summed E-state index contributed by atoms with van der Waals surface area (Å²) in [7, 11) is 1.41. The Labute approximate surface area is 145 Å². The molecule has 0 saturated heterocycles. The Hall–Kier alpha value is -1.77. The van der Waals surface area contributed by atoms with Crippen molar-refractivity contribution in [2.75, 3.05) is 7.11 Å². The molecule has 0 amide bonds. The maximum Gasteiger partial charge on any atom is 0.316 e. The molecule has 1 saturated carbocycles. The molecule has 0 radical (unpaired) electrons. The maximum absolute atomic E-state index is 12.4. The van der Waals surface area contributed by atoms with Crippen LogP contribution in [0.5, 0.6) is 0 Å². The zero-order valence-corrected chi connectivity index (χ0v) is 14.1. The molecule has 23 heavy (non-hydrogen) atoms. The third-order valence-electron chi connectivity index (χ3n) is 4.32. The number of carbonyl (C=O) groups excluding carboxylic acids is 1. The number of ether oxygens (including phenoxy) is 1. The van der Waals surface area contributed by atoms with Gasteiger partial charge in [0.2, 0.25) is 0 Å². The van der Waals surface area contributed by atoms with Gasteiger partial charge in [-0.1, -0.05) is 71.8 Å². The number of hydrogen-bond donors (Lipinski definition) is 0. The molecule has 2 atom stereocenters. The van der Waals surface area contributed by atoms with Gasteiger partial charge >= 0.3 is 5.97 Å². The van der Waals surface area contributed by atoms with Crippen LogP contribution in [0.25, 0.3) is 6.08 Å². The number of methoxy groups -OCH3 is 1. The fourth-order valence-corrected chi connectivity index (χ4v) is 3.25. The summed E-state index contributed by atoms with van der Waals surface area (Å²) in [5, 5.41) is 0.928. The van der Waals surface area contributed by atoms with E-state index in [1.807, 2.05) is 42.5 Å². The van der Waals surface area contributed by atoms with Crippen LogP contribution in [-0.2, 0) is 14.9 Å². The summed E-state index contributed by atoms with van der Waals surface area (Å²) in [4.78, 5) is 12.4. The summed E-state index contributed by atoms with van der Waals surface area (Å²) in [6.07, 6.45) is 4.81. The SMILES string of the molecule is COC(=O)C1(c2ccc(Cl)c(Cl)c2)CC1C=Cc1ccccc1. The molecule has 0 bridgehead atoms. The van der Waals surface area contributed by atoms with Crippen molar-refractivity contribution in [2.45, 2.75) is 11.8 Å². The van der Waals surface area contributed by atoms with Crippen molar-refractivity contribution in [2.24, 2.45) is 5.92 Å². The van der Waals surface area contributed by atoms with E-state index in [0.717, 1.165) is 11.1 Å². The molecule has 0 aromatic heterocycles. The molecule has 0 heterocycles. The first-order valence-corrected chi connectivity index (χ1v) is 8.10. The minimum atomic E-state index is -0.658. The monoisotopic (exact) mass is 346 g/mol. The average Bonchev–Trinajstić information content (AvgIpc) is 3.31. The van der Waals surface area contributed by atoms with E-state index in [2.05, 4.69) is 6.08 Å². The predicted molar refractivity (Wildman–Crippen MR) is 93.7 cm³/mol. The Morgan fingerprint density at radius 1 is 1.17 bits per heavy atom. The second kappa shape index (κ2) is 6.38. The molecule has 4 heteroatoms. The highest BCUT2D eigenvalue weighted by atomic mass is 35.5. The van der Waals surface area contributed by atoms with E-state index in [4.69, 9.17) is 27.9 Å². The molecule has 2 aromatic carbocycles. The van der Waals surface area contributed by atoms with Crippen LogP contribution >= 0.6 is 23.2 Å². The third kappa shape index (κ3) is 3.01. The fourth-order valence-electron chi connectivity index (χ4n) is 2.95. The minimum Gasteiger partial charge on any atom is -0.468 e. The number of rotatable bonds is 4. The summed E-state index contributed by atoms with van der Waals surface area (Å²) < 4.78 is 5.04. The van der Waals surface area contributed by atoms with Gasteiger partial charge in [0, 0.05) is 0 Å². The molecule has 2 aromatic rings. The molecule has 0 spiro atoms. The van der Waals surface area contributed by atoms with Gasteiger partial charge in [0.15, 0.2) is 0 Å². The molecule has 1 aliphatic rings. The molecule has 3 rings (SSSR count). The zero-order valence-electron chi connectivity index (χ0n) is 12.6. The lowest BCUT2D eigenvalue weighted by Gasteiger charge is -2.15. The van der Waals surface area contributed by atoms with E-state index >= 15 is 0 Å². The highest BCUT2D eigenvalue weighted by Crippen LogP contribution is 2.56. The highest BCUT2D eigenvalue weighted by molar-refractivity contribution is 6.42. The molecule has 0 N–H and O–H groups in total. The van der Waals surface area contributed by atoms with Crippen molar-refractivity contribution in [1.82, 2.24) is 0 Å². The second-order valence-corrected chi connectivity index (χ2v) is 6.49. The number of allylic oxidation sites excluding steroid dienone is 1. The van der Waals surface area contributed by atoms with Gasteiger partial charge < -0.3 is 4.74 Å². The quantitative estimate of drug-likeness (QED) is 0.716. The smallest absolute Gasteiger partial charge is 0.316 e. The van der Waals surface area contributed by atoms with Crippen molar-refractivity contribution in [1.29, 1.82) is 0 Å². The molecule has 2 nitrogen and oxygen atoms in total. The van der Waals surface area contributed by atoms with E-state index in [-0.39, 0.29) is 11.9 Å². The van der Waals surface area contributed by atoms with Crippen molar-refractivity contribution >= 4 is 35.2 Å². The highest BCUT2D eigenvalue weighted by Gasteiger charge is 2.61. The number of esters is 1. The molecule has 0 aliphatic heterocycles. The van der Waals surface area contributed by atoms with Gasteiger partial charge in [0.25, 0.3) is 0 Å². The van der Waals surface area contributed by atoms with E-state index in [0.29, 0.717) is 16.5 Å². The minimum absolute atomic E-state index is 0.0902. The van der Waals surface area contributed by atoms with Crippen LogP contribution < -0.4 is 0 Å². The van der Waals surface area contributed by atoms with Gasteiger partial charge in [-0.05, 0) is 35.6 Å². The van der Waals surface area contributed by atoms with Crippen molar-refractivity contribution < 1.29 is 9.53 Å². The Morgan fingerprint density at radius 2 is 1.91 bits per heavy atom. The average molecular weight is 347 g/mol. The van der Waals surface area contributed by atoms with Gasteiger partial charge in [0.05, 0.1) is 22.6 Å². The van der Waals surface area contributed by atoms with Crippen LogP contribution in [-0.4, -0.2) is 13.1 Å². The fraction of sp³-hybridized carbons (Fsp3) is 0.211. The van der Waals surface area contributed by atoms with Crippen LogP contribution in [0.3, 0.4) is 0 Å². The summed E-state index contributed by atoms with van der Waals surface area (Å²) in [5.41, 5.74) is 1.29. The first-order chi connectivity index (χ1) is 11.1. The summed E-state index contributed by atoms with van der Waals surface area (Å²) >= 11 is 12.1. The van der Waals surface area contributed by atoms with Gasteiger partial charge in [-0.25, -0.2) is 0 Å². The second-order valence-electron chi connectivity index (χ2n) is 5.67. The normalized spacial score (nSPS) is 23.0. The summed E-state index contributed by atoms with van der Waals surface area (Å²) in [5.74, 6) is -0.147. The first kappa shape index (κ1) is 16.1. The Morgan fingerprint density at radius 3 is 2.57 bits per heavy atom. The lowest BCUT2D eigenvalue weighted by Crippen LogP contribution is -2.24. The largest absolute Gasteiger partial charge is 0.468 e. The standard InChI is InChI=1S/C19H16Cl2O2/c1-23-18(22)19(14-9-10-16(20)17(21)11-14)12-15(19)8-7-13-5-3-2-4-6-13/h2-11,15H,12H2,1H3. The van der Waals surface area contributed by atoms with Crippen LogP contribution in [0.1, 0.15) is 17.5 Å². The Bertz CT molecular complexity index is 755. The van der Waals surface area contributed by atoms with Crippen LogP contribution in [0.2, 0.25) is 10.0 Å². The van der Waals surface area contributed by atoms with Gasteiger partial charge in [0.1, 0.15) is 0 Å². The van der Waals surface area contributed by atoms with Crippen LogP contribution in [0.4, 0.5) is 0 Å². The third-order valence-corrected chi connectivity index (χ3v) is 5.06. The number of carbonyl (C=O) groups is 1. The topological polar surface area (TPSA) is 26.3 Å². The van der Waals surface area contributed by atoms with Gasteiger partial charge in [-0.3, -0.25) is 4.79 Å². The molecular weight excluding hydrogens is 331 g/mol. The van der Waals surface area contributed by atoms with Crippen molar-refractivity contribution in [3.63, 3.8) is 0 Å². The van der Waals surface area contributed by atoms with E-state index in [1.165, 1.54) is 7.11 Å². The van der Waals surface area contributed by atoms with Crippen molar-refractivity contribution in [3.8, 4) is 0 Å². The summed E-state index contributed by atoms with van der Waals surface area (Å²) in [6.45, 7) is 0.